The normalized spacial score (nSPS) is 11.3. The Morgan fingerprint density at radius 3 is 2.57 bits per heavy atom. The molecule has 0 saturated carbocycles. The van der Waals surface area contributed by atoms with Crippen LogP contribution in [0.4, 0.5) is 8.78 Å². The van der Waals surface area contributed by atoms with Gasteiger partial charge in [0.1, 0.15) is 16.5 Å². The minimum atomic E-state index is -4.09. The van der Waals surface area contributed by atoms with E-state index in [-0.39, 0.29) is 25.1 Å². The molecule has 1 aromatic carbocycles. The number of sulfonamides is 1. The van der Waals surface area contributed by atoms with E-state index < -0.39 is 26.6 Å². The number of halogens is 2. The fraction of sp³-hybridized carbons (Fsp3) is 0.429. The molecule has 0 unspecified atom stereocenters. The minimum Gasteiger partial charge on any atom is -0.395 e. The van der Waals surface area contributed by atoms with Gasteiger partial charge in [0.25, 0.3) is 0 Å². The summed E-state index contributed by atoms with van der Waals surface area (Å²) in [5.74, 6) is 2.80. The zero-order chi connectivity index (χ0) is 16.0. The highest BCUT2D eigenvalue weighted by atomic mass is 32.2. The highest BCUT2D eigenvalue weighted by Crippen LogP contribution is 2.24. The van der Waals surface area contributed by atoms with E-state index in [1.54, 1.807) is 6.92 Å². The van der Waals surface area contributed by atoms with Crippen molar-refractivity contribution in [1.82, 2.24) is 4.31 Å². The zero-order valence-electron chi connectivity index (χ0n) is 11.9. The van der Waals surface area contributed by atoms with Crippen LogP contribution in [0.25, 0.3) is 0 Å². The molecule has 0 radical (unpaired) electrons. The first-order valence-electron chi connectivity index (χ1n) is 6.39. The van der Waals surface area contributed by atoms with Gasteiger partial charge >= 0.3 is 0 Å². The molecule has 4 nitrogen and oxygen atoms in total. The summed E-state index contributed by atoms with van der Waals surface area (Å²) < 4.78 is 53.0. The smallest absolute Gasteiger partial charge is 0.246 e. The molecule has 0 aromatic heterocycles. The third-order valence-corrected chi connectivity index (χ3v) is 4.61. The maximum absolute atomic E-state index is 14.0. The zero-order valence-corrected chi connectivity index (χ0v) is 12.7. The molecule has 7 heteroatoms. The van der Waals surface area contributed by atoms with Crippen LogP contribution in [-0.2, 0) is 10.0 Å². The first-order valence-corrected chi connectivity index (χ1v) is 7.83. The molecule has 0 aliphatic carbocycles. The predicted octanol–water partition coefficient (Wildman–Crippen LogP) is 1.73. The quantitative estimate of drug-likeness (QED) is 0.842. The molecule has 0 fully saturated rings. The molecule has 21 heavy (non-hydrogen) atoms. The second-order valence-corrected chi connectivity index (χ2v) is 6.35. The van der Waals surface area contributed by atoms with E-state index in [1.165, 1.54) is 7.05 Å². The number of nitrogens with zero attached hydrogens (tertiary/aromatic N) is 1. The number of benzene rings is 1. The van der Waals surface area contributed by atoms with Crippen LogP contribution in [0.15, 0.2) is 17.0 Å². The van der Waals surface area contributed by atoms with Crippen LogP contribution in [0.3, 0.4) is 0 Å². The van der Waals surface area contributed by atoms with E-state index in [2.05, 4.69) is 11.8 Å². The summed E-state index contributed by atoms with van der Waals surface area (Å²) in [6.45, 7) is 1.78. The van der Waals surface area contributed by atoms with Gasteiger partial charge < -0.3 is 5.11 Å². The third kappa shape index (κ3) is 4.24. The van der Waals surface area contributed by atoms with E-state index in [9.17, 15) is 17.2 Å². The lowest BCUT2D eigenvalue weighted by Crippen LogP contribution is -2.29. The van der Waals surface area contributed by atoms with Crippen molar-refractivity contribution in [3.05, 3.63) is 29.3 Å². The van der Waals surface area contributed by atoms with Crippen molar-refractivity contribution in [1.29, 1.82) is 0 Å². The van der Waals surface area contributed by atoms with Crippen LogP contribution in [0, 0.1) is 23.5 Å². The second kappa shape index (κ2) is 7.50. The summed E-state index contributed by atoms with van der Waals surface area (Å²) in [5.41, 5.74) is -0.246. The van der Waals surface area contributed by atoms with E-state index in [4.69, 9.17) is 5.11 Å². The van der Waals surface area contributed by atoms with Crippen LogP contribution < -0.4 is 0 Å². The van der Waals surface area contributed by atoms with Gasteiger partial charge in [0.15, 0.2) is 0 Å². The lowest BCUT2D eigenvalue weighted by atomic mass is 10.2. The Morgan fingerprint density at radius 1 is 1.33 bits per heavy atom. The van der Waals surface area contributed by atoms with E-state index in [0.717, 1.165) is 10.4 Å². The number of hydrogen-bond acceptors (Lipinski definition) is 3. The lowest BCUT2D eigenvalue weighted by molar-refractivity contribution is 0.305. The molecule has 0 atom stereocenters. The second-order valence-electron chi connectivity index (χ2n) is 4.37. The molecule has 0 spiro atoms. The molecule has 0 aliphatic rings. The first kappa shape index (κ1) is 17.6. The first-order chi connectivity index (χ1) is 9.84. The minimum absolute atomic E-state index is 0.0857. The molecular formula is C14H17F2NO3S. The van der Waals surface area contributed by atoms with Crippen LogP contribution in [0.2, 0.25) is 0 Å². The van der Waals surface area contributed by atoms with Gasteiger partial charge in [0, 0.05) is 26.1 Å². The lowest BCUT2D eigenvalue weighted by Gasteiger charge is -2.17. The van der Waals surface area contributed by atoms with E-state index in [1.807, 2.05) is 0 Å². The average molecular weight is 317 g/mol. The number of hydrogen-bond donors (Lipinski definition) is 1. The monoisotopic (exact) mass is 317 g/mol. The molecule has 0 amide bonds. The summed E-state index contributed by atoms with van der Waals surface area (Å²) in [6.07, 6.45) is 0.645. The van der Waals surface area contributed by atoms with E-state index in [0.29, 0.717) is 12.5 Å². The summed E-state index contributed by atoms with van der Waals surface area (Å²) in [5, 5.41) is 8.66. The molecular weight excluding hydrogens is 300 g/mol. The van der Waals surface area contributed by atoms with Crippen LogP contribution in [0.5, 0.6) is 0 Å². The highest BCUT2D eigenvalue weighted by Gasteiger charge is 2.27. The summed E-state index contributed by atoms with van der Waals surface area (Å²) >= 11 is 0. The Labute approximate surface area is 123 Å². The Balaban J connectivity index is 3.44. The molecule has 0 saturated heterocycles. The molecule has 1 rings (SSSR count). The molecule has 0 aliphatic heterocycles. The van der Waals surface area contributed by atoms with Gasteiger partial charge in [-0.15, -0.1) is 0 Å². The number of rotatable bonds is 5. The Kier molecular flexibility index (Phi) is 6.27. The highest BCUT2D eigenvalue weighted by molar-refractivity contribution is 7.89. The van der Waals surface area contributed by atoms with Gasteiger partial charge in [-0.3, -0.25) is 0 Å². The SMILES string of the molecule is CCCN(C)S(=O)(=O)c1c(F)cc(F)cc1C#CCCO. The van der Waals surface area contributed by atoms with E-state index >= 15 is 0 Å². The van der Waals surface area contributed by atoms with Crippen molar-refractivity contribution >= 4 is 10.0 Å². The number of aliphatic hydroxyl groups excluding tert-OH is 1. The van der Waals surface area contributed by atoms with Crippen LogP contribution >= 0.6 is 0 Å². The van der Waals surface area contributed by atoms with Crippen LogP contribution in [0.1, 0.15) is 25.3 Å². The van der Waals surface area contributed by atoms with Gasteiger partial charge in [-0.25, -0.2) is 21.5 Å². The van der Waals surface area contributed by atoms with Crippen molar-refractivity contribution in [3.63, 3.8) is 0 Å². The van der Waals surface area contributed by atoms with Crippen LogP contribution in [-0.4, -0.2) is 38.0 Å². The summed E-state index contributed by atoms with van der Waals surface area (Å²) in [4.78, 5) is -0.634. The van der Waals surface area contributed by atoms with Gasteiger partial charge in [-0.2, -0.15) is 0 Å². The number of aliphatic hydroxyl groups is 1. The largest absolute Gasteiger partial charge is 0.395 e. The summed E-state index contributed by atoms with van der Waals surface area (Å²) in [6, 6.07) is 1.39. The molecule has 116 valence electrons. The molecule has 1 N–H and O–H groups in total. The van der Waals surface area contributed by atoms with Crippen molar-refractivity contribution in [2.75, 3.05) is 20.2 Å². The van der Waals surface area contributed by atoms with Gasteiger partial charge in [0.2, 0.25) is 10.0 Å². The summed E-state index contributed by atoms with van der Waals surface area (Å²) in [7, 11) is -2.76. The maximum atomic E-state index is 14.0. The fourth-order valence-corrected chi connectivity index (χ4v) is 3.15. The average Bonchev–Trinajstić information content (AvgIpc) is 2.38. The van der Waals surface area contributed by atoms with Crippen molar-refractivity contribution in [2.45, 2.75) is 24.7 Å². The Morgan fingerprint density at radius 2 is 2.00 bits per heavy atom. The molecule has 0 heterocycles. The van der Waals surface area contributed by atoms with Crippen molar-refractivity contribution in [2.24, 2.45) is 0 Å². The molecule has 0 bridgehead atoms. The fourth-order valence-electron chi connectivity index (χ4n) is 1.72. The standard InChI is InChI=1S/C14H17F2NO3S/c1-3-7-17(2)21(19,20)14-11(6-4-5-8-18)9-12(15)10-13(14)16/h9-10,18H,3,5,7-8H2,1-2H3. The van der Waals surface area contributed by atoms with Gasteiger partial charge in [-0.1, -0.05) is 18.8 Å². The van der Waals surface area contributed by atoms with Gasteiger partial charge in [-0.05, 0) is 12.5 Å². The van der Waals surface area contributed by atoms with Gasteiger partial charge in [0.05, 0.1) is 12.2 Å². The predicted molar refractivity (Wildman–Crippen MR) is 75.0 cm³/mol. The van der Waals surface area contributed by atoms with Crippen molar-refractivity contribution in [3.8, 4) is 11.8 Å². The van der Waals surface area contributed by atoms with Crippen molar-refractivity contribution < 1.29 is 22.3 Å². The third-order valence-electron chi connectivity index (χ3n) is 2.68. The maximum Gasteiger partial charge on any atom is 0.246 e. The topological polar surface area (TPSA) is 57.6 Å². The Bertz CT molecular complexity index is 663. The molecule has 1 aromatic rings. The Hall–Kier alpha value is -1.49.